The maximum absolute atomic E-state index is 10.2. The summed E-state index contributed by atoms with van der Waals surface area (Å²) in [6, 6.07) is 8.25. The van der Waals surface area contributed by atoms with Crippen molar-refractivity contribution in [1.29, 1.82) is 0 Å². The zero-order valence-electron chi connectivity index (χ0n) is 12.7. The van der Waals surface area contributed by atoms with Crippen LogP contribution in [0.15, 0.2) is 24.3 Å². The SMILES string of the molecule is CCc1ccc(C(O)CN(C)CCOCC2CC2)cc1. The smallest absolute Gasteiger partial charge is 0.0916 e. The highest BCUT2D eigenvalue weighted by Gasteiger charge is 2.21. The van der Waals surface area contributed by atoms with Gasteiger partial charge < -0.3 is 14.7 Å². The van der Waals surface area contributed by atoms with Crippen molar-refractivity contribution < 1.29 is 9.84 Å². The van der Waals surface area contributed by atoms with Crippen molar-refractivity contribution in [3.63, 3.8) is 0 Å². The number of rotatable bonds is 9. The van der Waals surface area contributed by atoms with Gasteiger partial charge in [0, 0.05) is 19.7 Å². The van der Waals surface area contributed by atoms with Crippen molar-refractivity contribution in [3.05, 3.63) is 35.4 Å². The summed E-state index contributed by atoms with van der Waals surface area (Å²) in [5, 5.41) is 10.2. The molecule has 0 spiro atoms. The molecule has 1 aliphatic carbocycles. The van der Waals surface area contributed by atoms with E-state index in [1.165, 1.54) is 18.4 Å². The van der Waals surface area contributed by atoms with Gasteiger partial charge in [0.2, 0.25) is 0 Å². The van der Waals surface area contributed by atoms with Crippen LogP contribution in [0.1, 0.15) is 37.0 Å². The van der Waals surface area contributed by atoms with Crippen LogP contribution in [-0.2, 0) is 11.2 Å². The van der Waals surface area contributed by atoms with E-state index in [4.69, 9.17) is 4.74 Å². The van der Waals surface area contributed by atoms with E-state index in [0.717, 1.165) is 37.7 Å². The Morgan fingerprint density at radius 3 is 2.60 bits per heavy atom. The van der Waals surface area contributed by atoms with Gasteiger partial charge in [-0.1, -0.05) is 31.2 Å². The van der Waals surface area contributed by atoms with E-state index in [9.17, 15) is 5.11 Å². The summed E-state index contributed by atoms with van der Waals surface area (Å²) in [6.45, 7) is 5.33. The summed E-state index contributed by atoms with van der Waals surface area (Å²) in [5.74, 6) is 0.822. The largest absolute Gasteiger partial charge is 0.387 e. The molecule has 1 unspecified atom stereocenters. The van der Waals surface area contributed by atoms with E-state index >= 15 is 0 Å². The van der Waals surface area contributed by atoms with E-state index < -0.39 is 6.10 Å². The molecule has 0 aromatic heterocycles. The third kappa shape index (κ3) is 5.23. The van der Waals surface area contributed by atoms with Gasteiger partial charge in [-0.25, -0.2) is 0 Å². The zero-order chi connectivity index (χ0) is 14.4. The molecule has 1 aromatic rings. The first-order valence-corrected chi connectivity index (χ1v) is 7.72. The lowest BCUT2D eigenvalue weighted by atomic mass is 10.1. The molecule has 0 radical (unpaired) electrons. The third-order valence-electron chi connectivity index (χ3n) is 3.93. The van der Waals surface area contributed by atoms with Gasteiger partial charge in [0.15, 0.2) is 0 Å². The van der Waals surface area contributed by atoms with Crippen molar-refractivity contribution in [2.45, 2.75) is 32.3 Å². The van der Waals surface area contributed by atoms with Gasteiger partial charge in [-0.3, -0.25) is 0 Å². The summed E-state index contributed by atoms with van der Waals surface area (Å²) >= 11 is 0. The van der Waals surface area contributed by atoms with Crippen LogP contribution in [0, 0.1) is 5.92 Å². The Balaban J connectivity index is 1.67. The summed E-state index contributed by atoms with van der Waals surface area (Å²) in [7, 11) is 2.03. The molecule has 0 heterocycles. The third-order valence-corrected chi connectivity index (χ3v) is 3.93. The molecule has 112 valence electrons. The fourth-order valence-corrected chi connectivity index (χ4v) is 2.22. The van der Waals surface area contributed by atoms with Crippen LogP contribution >= 0.6 is 0 Å². The predicted molar refractivity (Wildman–Crippen MR) is 81.8 cm³/mol. The maximum Gasteiger partial charge on any atom is 0.0916 e. The molecule has 0 aliphatic heterocycles. The average molecular weight is 277 g/mol. The van der Waals surface area contributed by atoms with Crippen LogP contribution in [0.5, 0.6) is 0 Å². The minimum absolute atomic E-state index is 0.422. The van der Waals surface area contributed by atoms with Crippen LogP contribution in [0.2, 0.25) is 0 Å². The van der Waals surface area contributed by atoms with Crippen LogP contribution in [0.4, 0.5) is 0 Å². The van der Waals surface area contributed by atoms with Crippen molar-refractivity contribution in [3.8, 4) is 0 Å². The Labute approximate surface area is 122 Å². The molecular formula is C17H27NO2. The Morgan fingerprint density at radius 2 is 2.00 bits per heavy atom. The molecule has 0 saturated heterocycles. The Hall–Kier alpha value is -0.900. The first-order chi connectivity index (χ1) is 9.69. The lowest BCUT2D eigenvalue weighted by Gasteiger charge is -2.21. The number of hydrogen-bond acceptors (Lipinski definition) is 3. The molecular weight excluding hydrogens is 250 g/mol. The number of benzene rings is 1. The first kappa shape index (κ1) is 15.5. The molecule has 20 heavy (non-hydrogen) atoms. The Kier molecular flexibility index (Phi) is 6.02. The van der Waals surface area contributed by atoms with Gasteiger partial charge in [0.1, 0.15) is 0 Å². The number of ether oxygens (including phenoxy) is 1. The van der Waals surface area contributed by atoms with Gasteiger partial charge in [0.25, 0.3) is 0 Å². The number of nitrogens with zero attached hydrogens (tertiary/aromatic N) is 1. The molecule has 1 atom stereocenters. The summed E-state index contributed by atoms with van der Waals surface area (Å²) < 4.78 is 5.62. The van der Waals surface area contributed by atoms with E-state index in [1.807, 2.05) is 19.2 Å². The molecule has 2 rings (SSSR count). The molecule has 1 N–H and O–H groups in total. The minimum atomic E-state index is -0.422. The Morgan fingerprint density at radius 1 is 1.30 bits per heavy atom. The summed E-state index contributed by atoms with van der Waals surface area (Å²) in [5.41, 5.74) is 2.30. The fraction of sp³-hybridized carbons (Fsp3) is 0.647. The van der Waals surface area contributed by atoms with Crippen LogP contribution in [0.3, 0.4) is 0 Å². The van der Waals surface area contributed by atoms with E-state index in [0.29, 0.717) is 6.54 Å². The van der Waals surface area contributed by atoms with Crippen LogP contribution < -0.4 is 0 Å². The fourth-order valence-electron chi connectivity index (χ4n) is 2.22. The van der Waals surface area contributed by atoms with E-state index in [2.05, 4.69) is 24.0 Å². The lowest BCUT2D eigenvalue weighted by molar-refractivity contribution is 0.0794. The van der Waals surface area contributed by atoms with Crippen molar-refractivity contribution in [2.24, 2.45) is 5.92 Å². The second kappa shape index (κ2) is 7.77. The second-order valence-corrected chi connectivity index (χ2v) is 5.89. The second-order valence-electron chi connectivity index (χ2n) is 5.89. The highest BCUT2D eigenvalue weighted by molar-refractivity contribution is 5.24. The van der Waals surface area contributed by atoms with Gasteiger partial charge in [0.05, 0.1) is 12.7 Å². The molecule has 0 bridgehead atoms. The molecule has 1 aliphatic rings. The number of aliphatic hydroxyl groups excluding tert-OH is 1. The van der Waals surface area contributed by atoms with Gasteiger partial charge in [-0.2, -0.15) is 0 Å². The molecule has 0 amide bonds. The van der Waals surface area contributed by atoms with Gasteiger partial charge >= 0.3 is 0 Å². The highest BCUT2D eigenvalue weighted by atomic mass is 16.5. The summed E-state index contributed by atoms with van der Waals surface area (Å²) in [4.78, 5) is 2.13. The van der Waals surface area contributed by atoms with Crippen molar-refractivity contribution >= 4 is 0 Å². The lowest BCUT2D eigenvalue weighted by Crippen LogP contribution is -2.28. The minimum Gasteiger partial charge on any atom is -0.387 e. The number of aryl methyl sites for hydroxylation is 1. The maximum atomic E-state index is 10.2. The normalized spacial score (nSPS) is 16.6. The van der Waals surface area contributed by atoms with E-state index in [1.54, 1.807) is 0 Å². The van der Waals surface area contributed by atoms with Gasteiger partial charge in [-0.15, -0.1) is 0 Å². The number of aliphatic hydroxyl groups is 1. The molecule has 1 fully saturated rings. The summed E-state index contributed by atoms with van der Waals surface area (Å²) in [6.07, 6.45) is 3.29. The van der Waals surface area contributed by atoms with Crippen molar-refractivity contribution in [2.75, 3.05) is 33.4 Å². The quantitative estimate of drug-likeness (QED) is 0.704. The van der Waals surface area contributed by atoms with Gasteiger partial charge in [-0.05, 0) is 43.4 Å². The van der Waals surface area contributed by atoms with E-state index in [-0.39, 0.29) is 0 Å². The molecule has 1 aromatic carbocycles. The van der Waals surface area contributed by atoms with Crippen LogP contribution in [0.25, 0.3) is 0 Å². The van der Waals surface area contributed by atoms with Crippen molar-refractivity contribution in [1.82, 2.24) is 4.90 Å². The molecule has 3 nitrogen and oxygen atoms in total. The molecule has 1 saturated carbocycles. The Bertz CT molecular complexity index is 386. The number of hydrogen-bond donors (Lipinski definition) is 1. The predicted octanol–water partition coefficient (Wildman–Crippen LogP) is 2.64. The first-order valence-electron chi connectivity index (χ1n) is 7.72. The monoisotopic (exact) mass is 277 g/mol. The topological polar surface area (TPSA) is 32.7 Å². The zero-order valence-corrected chi connectivity index (χ0v) is 12.7. The highest BCUT2D eigenvalue weighted by Crippen LogP contribution is 2.28. The molecule has 3 heteroatoms. The average Bonchev–Trinajstić information content (AvgIpc) is 3.28. The standard InChI is InChI=1S/C17H27NO2/c1-3-14-6-8-16(9-7-14)17(19)12-18(2)10-11-20-13-15-4-5-15/h6-9,15,17,19H,3-5,10-13H2,1-2H3. The number of likely N-dealkylation sites (N-methyl/N-ethyl adjacent to an activating group) is 1. The van der Waals surface area contributed by atoms with Crippen LogP contribution in [-0.4, -0.2) is 43.4 Å².